The molecule has 0 radical (unpaired) electrons. The third-order valence-corrected chi connectivity index (χ3v) is 15.1. The quantitative estimate of drug-likeness (QED) is 0.147. The molecule has 0 N–H and O–H groups in total. The minimum Gasteiger partial charge on any atom is -0.309 e. The second kappa shape index (κ2) is 16.0. The summed E-state index contributed by atoms with van der Waals surface area (Å²) in [5.41, 5.74) is 17.6. The van der Waals surface area contributed by atoms with Crippen LogP contribution in [0.4, 0.5) is 17.1 Å². The zero-order valence-electron chi connectivity index (χ0n) is 36.7. The van der Waals surface area contributed by atoms with Gasteiger partial charge in [-0.1, -0.05) is 218 Å². The molecule has 2 heteroatoms. The number of para-hydroxylation sites is 1. The molecule has 0 bridgehead atoms. The van der Waals surface area contributed by atoms with Crippen LogP contribution < -0.4 is 4.90 Å². The van der Waals surface area contributed by atoms with E-state index < -0.39 is 5.41 Å². The first-order valence-electron chi connectivity index (χ1n) is 23.1. The second-order valence-corrected chi connectivity index (χ2v) is 18.6. The molecule has 0 aliphatic heterocycles. The Morgan fingerprint density at radius 1 is 0.328 bits per heavy atom. The summed E-state index contributed by atoms with van der Waals surface area (Å²) in [5, 5.41) is 5.10. The highest BCUT2D eigenvalue weighted by Crippen LogP contribution is 2.60. The van der Waals surface area contributed by atoms with Gasteiger partial charge in [0.05, 0.1) is 16.8 Å². The predicted octanol–water partition coefficient (Wildman–Crippen LogP) is 18.0. The van der Waals surface area contributed by atoms with Gasteiger partial charge in [0, 0.05) is 37.0 Å². The summed E-state index contributed by atoms with van der Waals surface area (Å²) in [5.74, 6) is 0. The Balaban J connectivity index is 1.02. The van der Waals surface area contributed by atoms with Gasteiger partial charge in [0.2, 0.25) is 0 Å². The molecule has 0 spiro atoms. The van der Waals surface area contributed by atoms with Gasteiger partial charge in [-0.05, 0) is 109 Å². The van der Waals surface area contributed by atoms with Crippen LogP contribution in [0, 0.1) is 0 Å². The molecule has 12 aromatic rings. The maximum absolute atomic E-state index is 2.52. The van der Waals surface area contributed by atoms with Crippen LogP contribution in [0.15, 0.2) is 261 Å². The number of fused-ring (bicyclic) bond motifs is 7. The maximum atomic E-state index is 2.52. The van der Waals surface area contributed by atoms with E-state index in [0.717, 1.165) is 17.1 Å². The summed E-state index contributed by atoms with van der Waals surface area (Å²) in [6, 6.07) is 96.4. The van der Waals surface area contributed by atoms with Crippen molar-refractivity contribution in [1.29, 1.82) is 0 Å². The number of hydrogen-bond donors (Lipinski definition) is 0. The molecule has 0 unspecified atom stereocenters. The van der Waals surface area contributed by atoms with E-state index in [0.29, 0.717) is 0 Å². The molecule has 0 saturated carbocycles. The first-order valence-corrected chi connectivity index (χ1v) is 23.9. The fourth-order valence-corrected chi connectivity index (χ4v) is 12.1. The second-order valence-electron chi connectivity index (χ2n) is 17.5. The molecule has 0 saturated heterocycles. The standard InChI is InChI=1S/C65H43NS/c1-3-19-50(20-4-1)65(51-21-5-2-6-22-51)57-27-12-9-24-55(57)64-58(65)28-16-30-60(64)66(59-29-13-10-23-53(59)54-26-15-32-62-63(54)56-25-11-14-31-61(56)67-62)52-41-39-46(40-42-52)45-33-35-47(36-34-45)49-38-37-44-17-7-8-18-48(44)43-49/h1-43H. The lowest BCUT2D eigenvalue weighted by Crippen LogP contribution is -2.28. The zero-order valence-corrected chi connectivity index (χ0v) is 37.5. The number of thiophene rings is 1. The van der Waals surface area contributed by atoms with Gasteiger partial charge in [-0.15, -0.1) is 11.3 Å². The van der Waals surface area contributed by atoms with E-state index >= 15 is 0 Å². The summed E-state index contributed by atoms with van der Waals surface area (Å²) in [7, 11) is 0. The predicted molar refractivity (Wildman–Crippen MR) is 285 cm³/mol. The number of anilines is 3. The summed E-state index contributed by atoms with van der Waals surface area (Å²) < 4.78 is 2.59. The monoisotopic (exact) mass is 869 g/mol. The fraction of sp³-hybridized carbons (Fsp3) is 0.0154. The lowest BCUT2D eigenvalue weighted by molar-refractivity contribution is 0.768. The molecule has 11 aromatic carbocycles. The van der Waals surface area contributed by atoms with E-state index in [1.807, 2.05) is 11.3 Å². The fourth-order valence-electron chi connectivity index (χ4n) is 11.0. The first kappa shape index (κ1) is 39.1. The van der Waals surface area contributed by atoms with Crippen molar-refractivity contribution in [2.75, 3.05) is 4.90 Å². The Bertz CT molecular complexity index is 3750. The number of hydrogen-bond acceptors (Lipinski definition) is 2. The minimum atomic E-state index is -0.528. The van der Waals surface area contributed by atoms with Crippen LogP contribution >= 0.6 is 11.3 Å². The molecule has 67 heavy (non-hydrogen) atoms. The Kier molecular flexibility index (Phi) is 9.33. The average molecular weight is 870 g/mol. The van der Waals surface area contributed by atoms with Crippen LogP contribution in [-0.4, -0.2) is 0 Å². The van der Waals surface area contributed by atoms with E-state index in [4.69, 9.17) is 0 Å². The van der Waals surface area contributed by atoms with E-state index in [9.17, 15) is 0 Å². The van der Waals surface area contributed by atoms with Gasteiger partial charge >= 0.3 is 0 Å². The molecule has 1 aromatic heterocycles. The van der Waals surface area contributed by atoms with Crippen molar-refractivity contribution in [2.24, 2.45) is 0 Å². The van der Waals surface area contributed by atoms with Crippen LogP contribution in [-0.2, 0) is 5.41 Å². The lowest BCUT2D eigenvalue weighted by Gasteiger charge is -2.34. The van der Waals surface area contributed by atoms with Crippen LogP contribution in [0.1, 0.15) is 22.3 Å². The van der Waals surface area contributed by atoms with Crippen LogP contribution in [0.2, 0.25) is 0 Å². The molecular weight excluding hydrogens is 827 g/mol. The smallest absolute Gasteiger partial charge is 0.0714 e. The van der Waals surface area contributed by atoms with Crippen LogP contribution in [0.5, 0.6) is 0 Å². The van der Waals surface area contributed by atoms with Crippen molar-refractivity contribution in [3.8, 4) is 44.5 Å². The SMILES string of the molecule is c1ccc(C2(c3ccccc3)c3ccccc3-c3c(N(c4ccc(-c5ccc(-c6ccc7ccccc7c6)cc5)cc4)c4ccccc4-c4cccc5sc6ccccc6c45)cccc32)cc1. The van der Waals surface area contributed by atoms with E-state index in [-0.39, 0.29) is 0 Å². The molecule has 314 valence electrons. The summed E-state index contributed by atoms with van der Waals surface area (Å²) >= 11 is 1.87. The Hall–Kier alpha value is -8.30. The molecule has 1 nitrogen and oxygen atoms in total. The Morgan fingerprint density at radius 3 is 1.61 bits per heavy atom. The number of benzene rings is 11. The number of rotatable bonds is 8. The van der Waals surface area contributed by atoms with E-state index in [1.165, 1.54) is 97.7 Å². The van der Waals surface area contributed by atoms with Gasteiger partial charge in [0.25, 0.3) is 0 Å². The van der Waals surface area contributed by atoms with Crippen molar-refractivity contribution >= 4 is 59.3 Å². The Labute approximate surface area is 395 Å². The average Bonchev–Trinajstić information content (AvgIpc) is 3.94. The molecule has 1 aliphatic rings. The highest BCUT2D eigenvalue weighted by molar-refractivity contribution is 7.25. The van der Waals surface area contributed by atoms with Gasteiger partial charge < -0.3 is 4.90 Å². The van der Waals surface area contributed by atoms with Gasteiger partial charge in [0.15, 0.2) is 0 Å². The largest absolute Gasteiger partial charge is 0.309 e. The lowest BCUT2D eigenvalue weighted by atomic mass is 9.68. The minimum absolute atomic E-state index is 0.528. The van der Waals surface area contributed by atoms with Crippen molar-refractivity contribution < 1.29 is 0 Å². The van der Waals surface area contributed by atoms with Crippen molar-refractivity contribution in [3.63, 3.8) is 0 Å². The summed E-state index contributed by atoms with van der Waals surface area (Å²) in [6.07, 6.45) is 0. The summed E-state index contributed by atoms with van der Waals surface area (Å²) in [6.45, 7) is 0. The van der Waals surface area contributed by atoms with Gasteiger partial charge in [-0.3, -0.25) is 0 Å². The van der Waals surface area contributed by atoms with Crippen molar-refractivity contribution in [3.05, 3.63) is 283 Å². The van der Waals surface area contributed by atoms with Gasteiger partial charge in [-0.2, -0.15) is 0 Å². The van der Waals surface area contributed by atoms with Crippen molar-refractivity contribution in [2.45, 2.75) is 5.41 Å². The van der Waals surface area contributed by atoms with Crippen molar-refractivity contribution in [1.82, 2.24) is 0 Å². The molecule has 0 amide bonds. The number of nitrogens with zero attached hydrogens (tertiary/aromatic N) is 1. The third kappa shape index (κ3) is 6.29. The molecule has 0 atom stereocenters. The first-order chi connectivity index (χ1) is 33.2. The normalized spacial score (nSPS) is 12.6. The van der Waals surface area contributed by atoms with E-state index in [1.54, 1.807) is 0 Å². The van der Waals surface area contributed by atoms with Gasteiger partial charge in [0.1, 0.15) is 0 Å². The topological polar surface area (TPSA) is 3.24 Å². The van der Waals surface area contributed by atoms with Crippen LogP contribution in [0.25, 0.3) is 75.5 Å². The molecule has 1 heterocycles. The summed E-state index contributed by atoms with van der Waals surface area (Å²) in [4.78, 5) is 2.52. The molecular formula is C65H43NS. The Morgan fingerprint density at radius 2 is 0.851 bits per heavy atom. The molecule has 13 rings (SSSR count). The van der Waals surface area contributed by atoms with Crippen LogP contribution in [0.3, 0.4) is 0 Å². The molecule has 0 fully saturated rings. The van der Waals surface area contributed by atoms with E-state index in [2.05, 4.69) is 266 Å². The molecule has 1 aliphatic carbocycles. The maximum Gasteiger partial charge on any atom is 0.0714 e. The zero-order chi connectivity index (χ0) is 44.3. The third-order valence-electron chi connectivity index (χ3n) is 14.0. The highest BCUT2D eigenvalue weighted by atomic mass is 32.1. The highest BCUT2D eigenvalue weighted by Gasteiger charge is 2.47. The van der Waals surface area contributed by atoms with Gasteiger partial charge in [-0.25, -0.2) is 0 Å².